The number of fused-ring (bicyclic) bond motifs is 2. The van der Waals surface area contributed by atoms with Gasteiger partial charge in [0.25, 0.3) is 5.91 Å². The van der Waals surface area contributed by atoms with E-state index in [1.54, 1.807) is 11.0 Å². The molecular formula is C22H17N3O4. The van der Waals surface area contributed by atoms with Crippen LogP contribution in [-0.2, 0) is 5.41 Å². The highest BCUT2D eigenvalue weighted by Crippen LogP contribution is 2.66. The monoisotopic (exact) mass is 387 g/mol. The van der Waals surface area contributed by atoms with Crippen molar-refractivity contribution in [3.05, 3.63) is 70.8 Å². The highest BCUT2D eigenvalue weighted by molar-refractivity contribution is 6.10. The Labute approximate surface area is 165 Å². The predicted octanol–water partition coefficient (Wildman–Crippen LogP) is 2.16. The number of carbonyl (C=O) groups is 3. The molecule has 1 spiro atoms. The van der Waals surface area contributed by atoms with E-state index in [4.69, 9.17) is 5.11 Å². The number of ketones is 2. The Morgan fingerprint density at radius 2 is 2.00 bits per heavy atom. The van der Waals surface area contributed by atoms with Crippen LogP contribution < -0.4 is 0 Å². The van der Waals surface area contributed by atoms with E-state index in [1.807, 2.05) is 30.3 Å². The third-order valence-corrected chi connectivity index (χ3v) is 6.52. The molecular weight excluding hydrogens is 370 g/mol. The van der Waals surface area contributed by atoms with Crippen LogP contribution in [0.3, 0.4) is 0 Å². The molecule has 0 bridgehead atoms. The summed E-state index contributed by atoms with van der Waals surface area (Å²) in [6.45, 7) is -0.0729. The number of carbonyl (C=O) groups excluding carboxylic acids is 3. The molecule has 1 amide bonds. The molecule has 3 N–H and O–H groups in total. The Balaban J connectivity index is 1.41. The Hall–Kier alpha value is -3.45. The van der Waals surface area contributed by atoms with Crippen molar-refractivity contribution in [3.63, 3.8) is 0 Å². The van der Waals surface area contributed by atoms with Gasteiger partial charge in [-0.05, 0) is 36.1 Å². The number of aliphatic hydroxyl groups excluding tert-OH is 1. The van der Waals surface area contributed by atoms with Gasteiger partial charge in [-0.3, -0.25) is 14.4 Å². The van der Waals surface area contributed by atoms with Gasteiger partial charge in [-0.1, -0.05) is 18.2 Å². The standard InChI is InChI=1S/C22H17N3O4/c26-10-18(28)15-6-13-20(24-15)17(27)7-19-22(13)8-12(22)9-25(19)21(29)16-5-11-3-1-2-4-14(11)23-16/h1-7,12,23-24,26H,8-10H2. The number of nitrogens with zero attached hydrogens (tertiary/aromatic N) is 1. The van der Waals surface area contributed by atoms with Crippen molar-refractivity contribution in [2.45, 2.75) is 11.8 Å². The van der Waals surface area contributed by atoms with E-state index in [9.17, 15) is 14.4 Å². The molecule has 2 fully saturated rings. The summed E-state index contributed by atoms with van der Waals surface area (Å²) >= 11 is 0. The van der Waals surface area contributed by atoms with Crippen molar-refractivity contribution in [1.29, 1.82) is 0 Å². The normalized spacial score (nSPS) is 24.2. The van der Waals surface area contributed by atoms with Crippen molar-refractivity contribution in [3.8, 4) is 0 Å². The Morgan fingerprint density at radius 3 is 2.79 bits per heavy atom. The van der Waals surface area contributed by atoms with Crippen LogP contribution in [0.4, 0.5) is 0 Å². The minimum atomic E-state index is -0.616. The SMILES string of the molecule is O=C(CO)c1cc2c([nH]1)C(=O)C=C1N(C(=O)c3cc4ccccc4[nH]3)CC3CC123. The Kier molecular flexibility index (Phi) is 3.03. The fourth-order valence-corrected chi connectivity index (χ4v) is 5.06. The zero-order valence-corrected chi connectivity index (χ0v) is 15.4. The number of aromatic amines is 2. The van der Waals surface area contributed by atoms with Crippen LogP contribution in [0.15, 0.2) is 48.2 Å². The smallest absolute Gasteiger partial charge is 0.274 e. The van der Waals surface area contributed by atoms with Gasteiger partial charge < -0.3 is 20.0 Å². The van der Waals surface area contributed by atoms with Gasteiger partial charge in [0.2, 0.25) is 11.6 Å². The van der Waals surface area contributed by atoms with Gasteiger partial charge in [0.15, 0.2) is 0 Å². The number of H-pyrrole nitrogens is 2. The molecule has 1 aliphatic heterocycles. The largest absolute Gasteiger partial charge is 0.388 e. The van der Waals surface area contributed by atoms with Crippen molar-refractivity contribution in [1.82, 2.24) is 14.9 Å². The number of aromatic nitrogens is 2. The number of allylic oxidation sites excluding steroid dienone is 2. The first-order valence-electron chi connectivity index (χ1n) is 9.56. The lowest BCUT2D eigenvalue weighted by molar-refractivity contribution is 0.0806. The number of Topliss-reactive ketones (excluding diaryl/α,β-unsaturated/α-hetero) is 1. The van der Waals surface area contributed by atoms with E-state index in [-0.39, 0.29) is 23.3 Å². The molecule has 144 valence electrons. The minimum Gasteiger partial charge on any atom is -0.388 e. The van der Waals surface area contributed by atoms with Crippen LogP contribution in [0.1, 0.15) is 43.4 Å². The van der Waals surface area contributed by atoms with E-state index in [1.165, 1.54) is 6.08 Å². The van der Waals surface area contributed by atoms with E-state index >= 15 is 0 Å². The highest BCUT2D eigenvalue weighted by Gasteiger charge is 2.67. The first-order valence-corrected chi connectivity index (χ1v) is 9.56. The maximum atomic E-state index is 13.3. The van der Waals surface area contributed by atoms with E-state index in [0.29, 0.717) is 23.6 Å². The molecule has 1 saturated carbocycles. The molecule has 29 heavy (non-hydrogen) atoms. The lowest BCUT2D eigenvalue weighted by Crippen LogP contribution is -2.33. The van der Waals surface area contributed by atoms with Gasteiger partial charge in [-0.2, -0.15) is 0 Å². The first kappa shape index (κ1) is 16.5. The quantitative estimate of drug-likeness (QED) is 0.599. The highest BCUT2D eigenvalue weighted by atomic mass is 16.3. The summed E-state index contributed by atoms with van der Waals surface area (Å²) < 4.78 is 0. The van der Waals surface area contributed by atoms with Crippen LogP contribution in [-0.4, -0.2) is 50.6 Å². The molecule has 7 nitrogen and oxygen atoms in total. The maximum absolute atomic E-state index is 13.3. The molecule has 2 aromatic heterocycles. The average molecular weight is 387 g/mol. The predicted molar refractivity (Wildman–Crippen MR) is 104 cm³/mol. The second-order valence-electron chi connectivity index (χ2n) is 8.01. The van der Waals surface area contributed by atoms with Crippen LogP contribution in [0.25, 0.3) is 10.9 Å². The summed E-state index contributed by atoms with van der Waals surface area (Å²) in [5.74, 6) is -0.634. The topological polar surface area (TPSA) is 106 Å². The molecule has 2 atom stereocenters. The van der Waals surface area contributed by atoms with Crippen LogP contribution in [0, 0.1) is 5.92 Å². The second-order valence-corrected chi connectivity index (χ2v) is 8.01. The summed E-state index contributed by atoms with van der Waals surface area (Å²) in [6, 6.07) is 11.2. The summed E-state index contributed by atoms with van der Waals surface area (Å²) in [5, 5.41) is 10.1. The lowest BCUT2D eigenvalue weighted by Gasteiger charge is -2.27. The number of nitrogens with one attached hydrogen (secondary N) is 2. The lowest BCUT2D eigenvalue weighted by atomic mass is 9.85. The molecule has 1 aromatic carbocycles. The van der Waals surface area contributed by atoms with Gasteiger partial charge in [0, 0.05) is 34.6 Å². The third-order valence-electron chi connectivity index (χ3n) is 6.52. The number of rotatable bonds is 3. The van der Waals surface area contributed by atoms with Crippen molar-refractivity contribution >= 4 is 28.4 Å². The van der Waals surface area contributed by atoms with Crippen LogP contribution in [0.5, 0.6) is 0 Å². The number of benzene rings is 1. The van der Waals surface area contributed by atoms with Crippen LogP contribution in [0.2, 0.25) is 0 Å². The first-order chi connectivity index (χ1) is 14.0. The second kappa shape index (κ2) is 5.33. The molecule has 0 radical (unpaired) electrons. The summed E-state index contributed by atoms with van der Waals surface area (Å²) in [4.78, 5) is 45.6. The maximum Gasteiger partial charge on any atom is 0.274 e. The fraction of sp³-hybridized carbons (Fsp3) is 0.227. The molecule has 2 unspecified atom stereocenters. The molecule has 3 aromatic rings. The molecule has 3 aliphatic rings. The Morgan fingerprint density at radius 1 is 1.17 bits per heavy atom. The van der Waals surface area contributed by atoms with Gasteiger partial charge in [0.05, 0.1) is 11.4 Å². The van der Waals surface area contributed by atoms with Gasteiger partial charge in [-0.15, -0.1) is 0 Å². The zero-order chi connectivity index (χ0) is 19.9. The van der Waals surface area contributed by atoms with Crippen molar-refractivity contribution < 1.29 is 19.5 Å². The van der Waals surface area contributed by atoms with E-state index in [2.05, 4.69) is 9.97 Å². The number of hydrogen-bond donors (Lipinski definition) is 3. The number of piperidine rings is 1. The fourth-order valence-electron chi connectivity index (χ4n) is 5.06. The average Bonchev–Trinajstić information content (AvgIpc) is 3.10. The zero-order valence-electron chi connectivity index (χ0n) is 15.4. The molecule has 1 saturated heterocycles. The van der Waals surface area contributed by atoms with Gasteiger partial charge >= 0.3 is 0 Å². The summed E-state index contributed by atoms with van der Waals surface area (Å²) in [7, 11) is 0. The summed E-state index contributed by atoms with van der Waals surface area (Å²) in [6.07, 6.45) is 2.37. The van der Waals surface area contributed by atoms with Crippen molar-refractivity contribution in [2.24, 2.45) is 5.92 Å². The number of hydrogen-bond acceptors (Lipinski definition) is 4. The van der Waals surface area contributed by atoms with E-state index in [0.717, 1.165) is 22.9 Å². The number of aliphatic hydroxyl groups is 1. The molecule has 7 heteroatoms. The number of amides is 1. The molecule has 6 rings (SSSR count). The third kappa shape index (κ3) is 2.02. The van der Waals surface area contributed by atoms with Crippen LogP contribution >= 0.6 is 0 Å². The van der Waals surface area contributed by atoms with E-state index < -0.39 is 17.8 Å². The van der Waals surface area contributed by atoms with Gasteiger partial charge in [-0.25, -0.2) is 0 Å². The number of para-hydroxylation sites is 1. The molecule has 3 heterocycles. The number of likely N-dealkylation sites (tertiary alicyclic amines) is 1. The molecule has 2 aliphatic carbocycles. The van der Waals surface area contributed by atoms with Gasteiger partial charge in [0.1, 0.15) is 12.3 Å². The van der Waals surface area contributed by atoms with Crippen molar-refractivity contribution in [2.75, 3.05) is 13.2 Å². The Bertz CT molecular complexity index is 1250. The minimum absolute atomic E-state index is 0.155. The summed E-state index contributed by atoms with van der Waals surface area (Å²) in [5.41, 5.74) is 3.11.